The quantitative estimate of drug-likeness (QED) is 0.552. The Morgan fingerprint density at radius 2 is 2.03 bits per heavy atom. The molecule has 3 aromatic rings. The second-order valence-corrected chi connectivity index (χ2v) is 9.47. The third-order valence-electron chi connectivity index (χ3n) is 7.39. The summed E-state index contributed by atoms with van der Waals surface area (Å²) in [5.74, 6) is 2.17. The van der Waals surface area contributed by atoms with E-state index < -0.39 is 0 Å². The van der Waals surface area contributed by atoms with Crippen LogP contribution in [0.1, 0.15) is 29.0 Å². The first-order chi connectivity index (χ1) is 16.6. The molecule has 180 valence electrons. The van der Waals surface area contributed by atoms with E-state index >= 15 is 0 Å². The molecule has 2 aliphatic rings. The third-order valence-corrected chi connectivity index (χ3v) is 7.39. The number of benzene rings is 2. The zero-order valence-corrected chi connectivity index (χ0v) is 20.1. The van der Waals surface area contributed by atoms with Crippen LogP contribution in [0.2, 0.25) is 0 Å². The van der Waals surface area contributed by atoms with Gasteiger partial charge in [0.2, 0.25) is 0 Å². The monoisotopic (exact) mass is 463 g/mol. The van der Waals surface area contributed by atoms with Crippen LogP contribution in [-0.4, -0.2) is 63.0 Å². The van der Waals surface area contributed by atoms with E-state index in [9.17, 15) is 4.79 Å². The third kappa shape index (κ3) is 4.32. The normalized spacial score (nSPS) is 21.7. The molecule has 0 spiro atoms. The average Bonchev–Trinajstić information content (AvgIpc) is 3.27. The molecule has 1 saturated heterocycles. The van der Waals surface area contributed by atoms with Crippen LogP contribution in [0.25, 0.3) is 10.9 Å². The molecule has 2 N–H and O–H groups in total. The number of rotatable bonds is 7. The fraction of sp³-hybridized carbons (Fsp3) is 0.444. The number of carbonyl (C=O) groups excluding carboxylic acids is 1. The molecule has 0 bridgehead atoms. The number of nitrogens with one attached hydrogen (secondary N) is 2. The number of hydrogen-bond donors (Lipinski definition) is 2. The molecule has 1 fully saturated rings. The number of piperidine rings is 1. The summed E-state index contributed by atoms with van der Waals surface area (Å²) in [6, 6.07) is 12.9. The first-order valence-electron chi connectivity index (χ1n) is 12.0. The Kier molecular flexibility index (Phi) is 6.37. The van der Waals surface area contributed by atoms with Gasteiger partial charge in [-0.05, 0) is 61.2 Å². The van der Waals surface area contributed by atoms with Gasteiger partial charge in [-0.3, -0.25) is 0 Å². The number of likely N-dealkylation sites (tertiary alicyclic amines) is 1. The molecule has 1 unspecified atom stereocenters. The molecule has 7 nitrogen and oxygen atoms in total. The second-order valence-electron chi connectivity index (χ2n) is 9.47. The molecule has 0 radical (unpaired) electrons. The number of aromatic nitrogens is 1. The van der Waals surface area contributed by atoms with Gasteiger partial charge in [-0.25, -0.2) is 4.79 Å². The van der Waals surface area contributed by atoms with Crippen molar-refractivity contribution < 1.29 is 19.0 Å². The summed E-state index contributed by atoms with van der Waals surface area (Å²) in [4.78, 5) is 18.2. The Balaban J connectivity index is 1.14. The highest BCUT2D eigenvalue weighted by Crippen LogP contribution is 2.44. The number of alkyl carbamates (subject to hydrolysis) is 1. The van der Waals surface area contributed by atoms with Gasteiger partial charge in [0.05, 0.1) is 20.8 Å². The Labute approximate surface area is 200 Å². The smallest absolute Gasteiger partial charge is 0.407 e. The number of amides is 1. The van der Waals surface area contributed by atoms with Crippen LogP contribution in [0.15, 0.2) is 42.6 Å². The van der Waals surface area contributed by atoms with Gasteiger partial charge >= 0.3 is 6.09 Å². The SMILES string of the molecule is COc1ccc(CCNC(=O)OCC2C[C@H]3c4cccc5[nH]cc(c45)C[C@@H]3N(C)C2)cc1OC. The molecule has 2 aromatic carbocycles. The van der Waals surface area contributed by atoms with Crippen molar-refractivity contribution in [2.75, 3.05) is 41.0 Å². The van der Waals surface area contributed by atoms with Crippen molar-refractivity contribution in [2.24, 2.45) is 5.92 Å². The highest BCUT2D eigenvalue weighted by atomic mass is 16.5. The fourth-order valence-corrected chi connectivity index (χ4v) is 5.76. The topological polar surface area (TPSA) is 75.8 Å². The van der Waals surface area contributed by atoms with E-state index in [2.05, 4.69) is 46.6 Å². The van der Waals surface area contributed by atoms with Crippen molar-refractivity contribution in [2.45, 2.75) is 31.2 Å². The molecular weight excluding hydrogens is 430 g/mol. The Bertz CT molecular complexity index is 1170. The van der Waals surface area contributed by atoms with E-state index in [0.29, 0.717) is 48.9 Å². The largest absolute Gasteiger partial charge is 0.493 e. The number of fused-ring (bicyclic) bond motifs is 2. The molecular formula is C27H33N3O4. The molecule has 3 atom stereocenters. The molecule has 7 heteroatoms. The second kappa shape index (κ2) is 9.58. The van der Waals surface area contributed by atoms with Crippen LogP contribution in [0.5, 0.6) is 11.5 Å². The van der Waals surface area contributed by atoms with Crippen molar-refractivity contribution in [1.29, 1.82) is 0 Å². The molecule has 1 aromatic heterocycles. The van der Waals surface area contributed by atoms with E-state index in [-0.39, 0.29) is 6.09 Å². The highest BCUT2D eigenvalue weighted by Gasteiger charge is 2.39. The summed E-state index contributed by atoms with van der Waals surface area (Å²) in [5, 5.41) is 4.27. The average molecular weight is 464 g/mol. The maximum absolute atomic E-state index is 12.4. The highest BCUT2D eigenvalue weighted by molar-refractivity contribution is 5.88. The summed E-state index contributed by atoms with van der Waals surface area (Å²) >= 11 is 0. The summed E-state index contributed by atoms with van der Waals surface area (Å²) in [7, 11) is 5.43. The Morgan fingerprint density at radius 1 is 1.18 bits per heavy atom. The molecule has 2 heterocycles. The predicted octanol–water partition coefficient (Wildman–Crippen LogP) is 4.11. The van der Waals surface area contributed by atoms with Crippen molar-refractivity contribution in [3.63, 3.8) is 0 Å². The van der Waals surface area contributed by atoms with E-state index in [1.807, 2.05) is 18.2 Å². The summed E-state index contributed by atoms with van der Waals surface area (Å²) in [6.07, 6.45) is 4.61. The van der Waals surface area contributed by atoms with Gasteiger partial charge in [-0.15, -0.1) is 0 Å². The van der Waals surface area contributed by atoms with Gasteiger partial charge in [0.1, 0.15) is 0 Å². The number of ether oxygens (including phenoxy) is 3. The number of hydrogen-bond acceptors (Lipinski definition) is 5. The van der Waals surface area contributed by atoms with Crippen LogP contribution >= 0.6 is 0 Å². The van der Waals surface area contributed by atoms with Crippen molar-refractivity contribution in [3.8, 4) is 11.5 Å². The standard InChI is InChI=1S/C27H33N3O4/c1-30-15-18(11-21-20-5-4-6-22-26(20)19(14-29-22)13-23(21)30)16-34-27(31)28-10-9-17-7-8-24(32-2)25(12-17)33-3/h4-8,12,14,18,21,23,29H,9-11,13,15-16H2,1-3H3,(H,28,31)/t18?,21-,23-/m0/s1. The lowest BCUT2D eigenvalue weighted by atomic mass is 9.72. The van der Waals surface area contributed by atoms with Gasteiger partial charge in [0.15, 0.2) is 11.5 Å². The lowest BCUT2D eigenvalue weighted by molar-refractivity contribution is 0.0622. The summed E-state index contributed by atoms with van der Waals surface area (Å²) in [6.45, 7) is 1.88. The molecule has 5 rings (SSSR count). The zero-order chi connectivity index (χ0) is 23.7. The van der Waals surface area contributed by atoms with E-state index in [1.54, 1.807) is 14.2 Å². The lowest BCUT2D eigenvalue weighted by Crippen LogP contribution is -2.49. The van der Waals surface area contributed by atoms with Gasteiger partial charge in [-0.1, -0.05) is 18.2 Å². The van der Waals surface area contributed by atoms with Crippen LogP contribution in [0, 0.1) is 5.92 Å². The minimum Gasteiger partial charge on any atom is -0.493 e. The number of aromatic amines is 1. The summed E-state index contributed by atoms with van der Waals surface area (Å²) in [5.41, 5.74) is 5.14. The fourth-order valence-electron chi connectivity index (χ4n) is 5.76. The zero-order valence-electron chi connectivity index (χ0n) is 20.1. The van der Waals surface area contributed by atoms with Crippen LogP contribution in [-0.2, 0) is 17.6 Å². The van der Waals surface area contributed by atoms with Crippen LogP contribution in [0.4, 0.5) is 4.79 Å². The number of carbonyl (C=O) groups is 1. The van der Waals surface area contributed by atoms with Crippen molar-refractivity contribution in [3.05, 3.63) is 59.3 Å². The maximum Gasteiger partial charge on any atom is 0.407 e. The van der Waals surface area contributed by atoms with Gasteiger partial charge < -0.3 is 29.4 Å². The Hall–Kier alpha value is -3.19. The number of likely N-dealkylation sites (N-methyl/N-ethyl adjacent to an activating group) is 1. The van der Waals surface area contributed by atoms with Crippen molar-refractivity contribution in [1.82, 2.24) is 15.2 Å². The molecule has 34 heavy (non-hydrogen) atoms. The molecule has 1 aliphatic heterocycles. The van der Waals surface area contributed by atoms with E-state index in [0.717, 1.165) is 24.9 Å². The van der Waals surface area contributed by atoms with Crippen LogP contribution < -0.4 is 14.8 Å². The lowest BCUT2D eigenvalue weighted by Gasteiger charge is -2.45. The number of H-pyrrole nitrogens is 1. The predicted molar refractivity (Wildman–Crippen MR) is 132 cm³/mol. The minimum atomic E-state index is -0.357. The van der Waals surface area contributed by atoms with Crippen molar-refractivity contribution >= 4 is 17.0 Å². The van der Waals surface area contributed by atoms with Gasteiger partial charge in [-0.2, -0.15) is 0 Å². The number of nitrogens with zero attached hydrogens (tertiary/aromatic N) is 1. The maximum atomic E-state index is 12.4. The van der Waals surface area contributed by atoms with E-state index in [4.69, 9.17) is 14.2 Å². The molecule has 1 aliphatic carbocycles. The van der Waals surface area contributed by atoms with E-state index in [1.165, 1.54) is 22.0 Å². The number of methoxy groups -OCH3 is 2. The first-order valence-corrected chi connectivity index (χ1v) is 12.0. The Morgan fingerprint density at radius 3 is 2.85 bits per heavy atom. The van der Waals surface area contributed by atoms with Crippen LogP contribution in [0.3, 0.4) is 0 Å². The van der Waals surface area contributed by atoms with Gasteiger partial charge in [0.25, 0.3) is 0 Å². The van der Waals surface area contributed by atoms with Gasteiger partial charge in [0, 0.05) is 48.1 Å². The first kappa shape index (κ1) is 22.6. The minimum absolute atomic E-state index is 0.318. The summed E-state index contributed by atoms with van der Waals surface area (Å²) < 4.78 is 16.2. The molecule has 0 saturated carbocycles. The molecule has 1 amide bonds.